The minimum absolute atomic E-state index is 0.147. The van der Waals surface area contributed by atoms with E-state index in [9.17, 15) is 4.79 Å². The van der Waals surface area contributed by atoms with Gasteiger partial charge >= 0.3 is 0 Å². The SMILES string of the molecule is CCCCN(CC)C(=O)C1(C)COCC1N. The molecule has 2 atom stereocenters. The lowest BCUT2D eigenvalue weighted by Gasteiger charge is -2.32. The summed E-state index contributed by atoms with van der Waals surface area (Å²) in [6, 6.07) is -0.171. The smallest absolute Gasteiger partial charge is 0.232 e. The van der Waals surface area contributed by atoms with Crippen molar-refractivity contribution >= 4 is 5.91 Å². The van der Waals surface area contributed by atoms with Gasteiger partial charge in [-0.2, -0.15) is 0 Å². The summed E-state index contributed by atoms with van der Waals surface area (Å²) < 4.78 is 5.32. The average Bonchev–Trinajstić information content (AvgIpc) is 2.61. The van der Waals surface area contributed by atoms with Crippen molar-refractivity contribution in [3.05, 3.63) is 0 Å². The van der Waals surface area contributed by atoms with Gasteiger partial charge in [0.05, 0.1) is 18.6 Å². The Morgan fingerprint density at radius 1 is 1.56 bits per heavy atom. The fourth-order valence-corrected chi connectivity index (χ4v) is 2.02. The van der Waals surface area contributed by atoms with E-state index in [1.165, 1.54) is 0 Å². The number of ether oxygens (including phenoxy) is 1. The van der Waals surface area contributed by atoms with Crippen LogP contribution >= 0.6 is 0 Å². The molecule has 0 bridgehead atoms. The standard InChI is InChI=1S/C12H24N2O2/c1-4-6-7-14(5-2)11(15)12(3)9-16-8-10(12)13/h10H,4-9,13H2,1-3H3. The van der Waals surface area contributed by atoms with E-state index in [2.05, 4.69) is 6.92 Å². The van der Waals surface area contributed by atoms with Crippen molar-refractivity contribution in [1.29, 1.82) is 0 Å². The van der Waals surface area contributed by atoms with Crippen LogP contribution in [0.3, 0.4) is 0 Å². The zero-order chi connectivity index (χ0) is 12.2. The zero-order valence-corrected chi connectivity index (χ0v) is 10.7. The molecule has 4 heteroatoms. The highest BCUT2D eigenvalue weighted by molar-refractivity contribution is 5.83. The van der Waals surface area contributed by atoms with Gasteiger partial charge in [-0.05, 0) is 20.3 Å². The molecule has 1 heterocycles. The lowest BCUT2D eigenvalue weighted by Crippen LogP contribution is -2.51. The first-order valence-electron chi connectivity index (χ1n) is 6.19. The first kappa shape index (κ1) is 13.5. The van der Waals surface area contributed by atoms with Gasteiger partial charge in [-0.1, -0.05) is 13.3 Å². The highest BCUT2D eigenvalue weighted by atomic mass is 16.5. The summed E-state index contributed by atoms with van der Waals surface area (Å²) in [5, 5.41) is 0. The van der Waals surface area contributed by atoms with Crippen LogP contribution in [0.5, 0.6) is 0 Å². The van der Waals surface area contributed by atoms with Crippen molar-refractivity contribution < 1.29 is 9.53 Å². The number of hydrogen-bond acceptors (Lipinski definition) is 3. The molecule has 2 N–H and O–H groups in total. The summed E-state index contributed by atoms with van der Waals surface area (Å²) >= 11 is 0. The third-order valence-corrected chi connectivity index (χ3v) is 3.46. The summed E-state index contributed by atoms with van der Waals surface area (Å²) in [6.45, 7) is 8.59. The van der Waals surface area contributed by atoms with Gasteiger partial charge in [0.1, 0.15) is 0 Å². The molecule has 4 nitrogen and oxygen atoms in total. The molecule has 1 fully saturated rings. The molecule has 16 heavy (non-hydrogen) atoms. The molecule has 1 rings (SSSR count). The largest absolute Gasteiger partial charge is 0.379 e. The number of carbonyl (C=O) groups is 1. The van der Waals surface area contributed by atoms with Gasteiger partial charge in [0.2, 0.25) is 5.91 Å². The van der Waals surface area contributed by atoms with E-state index in [0.29, 0.717) is 13.2 Å². The Kier molecular flexibility index (Phi) is 4.74. The molecule has 0 aromatic heterocycles. The fourth-order valence-electron chi connectivity index (χ4n) is 2.02. The molecular weight excluding hydrogens is 204 g/mol. The quantitative estimate of drug-likeness (QED) is 0.763. The molecule has 1 saturated heterocycles. The zero-order valence-electron chi connectivity index (χ0n) is 10.7. The molecule has 0 aromatic carbocycles. The second-order valence-corrected chi connectivity index (χ2v) is 4.78. The fraction of sp³-hybridized carbons (Fsp3) is 0.917. The van der Waals surface area contributed by atoms with Crippen LogP contribution in [0.4, 0.5) is 0 Å². The van der Waals surface area contributed by atoms with Crippen molar-refractivity contribution in [2.24, 2.45) is 11.1 Å². The third-order valence-electron chi connectivity index (χ3n) is 3.46. The Morgan fingerprint density at radius 2 is 2.25 bits per heavy atom. The maximum absolute atomic E-state index is 12.4. The van der Waals surface area contributed by atoms with Crippen LogP contribution in [-0.2, 0) is 9.53 Å². The van der Waals surface area contributed by atoms with Crippen molar-refractivity contribution in [3.8, 4) is 0 Å². The van der Waals surface area contributed by atoms with E-state index in [0.717, 1.165) is 25.9 Å². The molecule has 2 unspecified atom stereocenters. The van der Waals surface area contributed by atoms with E-state index in [4.69, 9.17) is 10.5 Å². The summed E-state index contributed by atoms with van der Waals surface area (Å²) in [5.41, 5.74) is 5.44. The Bertz CT molecular complexity index is 245. The number of unbranched alkanes of at least 4 members (excludes halogenated alkanes) is 1. The normalized spacial score (nSPS) is 29.4. The first-order valence-corrected chi connectivity index (χ1v) is 6.19. The van der Waals surface area contributed by atoms with Gasteiger partial charge in [-0.25, -0.2) is 0 Å². The highest BCUT2D eigenvalue weighted by Gasteiger charge is 2.45. The number of amides is 1. The van der Waals surface area contributed by atoms with Crippen LogP contribution in [0.15, 0.2) is 0 Å². The number of nitrogens with zero attached hydrogens (tertiary/aromatic N) is 1. The summed E-state index contributed by atoms with van der Waals surface area (Å²) in [6.07, 6.45) is 2.15. The molecule has 1 aliphatic rings. The number of carbonyl (C=O) groups excluding carboxylic acids is 1. The van der Waals surface area contributed by atoms with Crippen LogP contribution in [-0.4, -0.2) is 43.2 Å². The van der Waals surface area contributed by atoms with Crippen molar-refractivity contribution in [3.63, 3.8) is 0 Å². The first-order chi connectivity index (χ1) is 7.56. The average molecular weight is 228 g/mol. The van der Waals surface area contributed by atoms with Crippen LogP contribution in [0, 0.1) is 5.41 Å². The van der Waals surface area contributed by atoms with Crippen molar-refractivity contribution in [2.45, 2.75) is 39.7 Å². The third kappa shape index (κ3) is 2.55. The van der Waals surface area contributed by atoms with Crippen LogP contribution < -0.4 is 5.73 Å². The van der Waals surface area contributed by atoms with Crippen LogP contribution in [0.25, 0.3) is 0 Å². The second kappa shape index (κ2) is 5.64. The van der Waals surface area contributed by atoms with E-state index in [1.807, 2.05) is 18.7 Å². The van der Waals surface area contributed by atoms with Gasteiger partial charge in [0.25, 0.3) is 0 Å². The minimum Gasteiger partial charge on any atom is -0.379 e. The predicted octanol–water partition coefficient (Wildman–Crippen LogP) is 0.999. The van der Waals surface area contributed by atoms with Crippen LogP contribution in [0.1, 0.15) is 33.6 Å². The number of nitrogens with two attached hydrogens (primary N) is 1. The maximum Gasteiger partial charge on any atom is 0.232 e. The van der Waals surface area contributed by atoms with E-state index in [-0.39, 0.29) is 11.9 Å². The molecular formula is C12H24N2O2. The predicted molar refractivity (Wildman–Crippen MR) is 64.1 cm³/mol. The molecule has 94 valence electrons. The molecule has 0 radical (unpaired) electrons. The molecule has 0 saturated carbocycles. The lowest BCUT2D eigenvalue weighted by molar-refractivity contribution is -0.141. The topological polar surface area (TPSA) is 55.6 Å². The monoisotopic (exact) mass is 228 g/mol. The minimum atomic E-state index is -0.524. The van der Waals surface area contributed by atoms with Crippen LogP contribution in [0.2, 0.25) is 0 Å². The van der Waals surface area contributed by atoms with Gasteiger partial charge in [-0.3, -0.25) is 4.79 Å². The van der Waals surface area contributed by atoms with E-state index in [1.54, 1.807) is 0 Å². The molecule has 0 spiro atoms. The Labute approximate surface area is 98.1 Å². The summed E-state index contributed by atoms with van der Waals surface area (Å²) in [4.78, 5) is 14.3. The number of rotatable bonds is 5. The number of hydrogen-bond donors (Lipinski definition) is 1. The maximum atomic E-state index is 12.4. The van der Waals surface area contributed by atoms with Crippen molar-refractivity contribution in [1.82, 2.24) is 4.90 Å². The Morgan fingerprint density at radius 3 is 2.69 bits per heavy atom. The molecule has 1 aliphatic heterocycles. The van der Waals surface area contributed by atoms with Gasteiger partial charge in [-0.15, -0.1) is 0 Å². The van der Waals surface area contributed by atoms with E-state index >= 15 is 0 Å². The Balaban J connectivity index is 2.66. The summed E-state index contributed by atoms with van der Waals surface area (Å²) in [5.74, 6) is 0.147. The molecule has 0 aliphatic carbocycles. The Hall–Kier alpha value is -0.610. The van der Waals surface area contributed by atoms with E-state index < -0.39 is 5.41 Å². The van der Waals surface area contributed by atoms with Gasteiger partial charge < -0.3 is 15.4 Å². The van der Waals surface area contributed by atoms with Gasteiger partial charge in [0, 0.05) is 19.1 Å². The summed E-state index contributed by atoms with van der Waals surface area (Å²) in [7, 11) is 0. The second-order valence-electron chi connectivity index (χ2n) is 4.78. The molecule has 1 amide bonds. The lowest BCUT2D eigenvalue weighted by atomic mass is 9.84. The van der Waals surface area contributed by atoms with Gasteiger partial charge in [0.15, 0.2) is 0 Å². The molecule has 0 aromatic rings. The van der Waals surface area contributed by atoms with Crippen molar-refractivity contribution in [2.75, 3.05) is 26.3 Å². The highest BCUT2D eigenvalue weighted by Crippen LogP contribution is 2.29.